The third-order valence-electron chi connectivity index (χ3n) is 9.95. The topological polar surface area (TPSA) is 91.3 Å². The number of likely N-dealkylation sites (N-methyl/N-ethyl adjacent to an activating group) is 1. The number of phosphoric acid groups is 1. The van der Waals surface area contributed by atoms with Gasteiger partial charge in [0, 0.05) is 13.0 Å². The summed E-state index contributed by atoms with van der Waals surface area (Å²) in [6.45, 7) is 5.37. The highest BCUT2D eigenvalue weighted by molar-refractivity contribution is 7.47. The van der Waals surface area contributed by atoms with Crippen molar-refractivity contribution in [3.05, 3.63) is 85.1 Å². The van der Waals surface area contributed by atoms with E-state index in [1.165, 1.54) is 103 Å². The van der Waals surface area contributed by atoms with Crippen LogP contribution in [-0.2, 0) is 27.9 Å². The van der Waals surface area contributed by atoms with E-state index in [9.17, 15) is 14.3 Å². The molecule has 0 aliphatic heterocycles. The summed E-state index contributed by atoms with van der Waals surface area (Å²) in [5, 5.41) is 0. The number of quaternary nitrogens is 1. The predicted octanol–water partition coefficient (Wildman–Crippen LogP) is 14.8. The molecule has 0 fully saturated rings. The Morgan fingerprint density at radius 1 is 0.525 bits per heavy atom. The van der Waals surface area contributed by atoms with Gasteiger partial charge in [0.2, 0.25) is 0 Å². The summed E-state index contributed by atoms with van der Waals surface area (Å²) in [4.78, 5) is 22.9. The summed E-state index contributed by atoms with van der Waals surface area (Å²) in [5.41, 5.74) is 0. The van der Waals surface area contributed by atoms with Crippen molar-refractivity contribution in [2.24, 2.45) is 0 Å². The second-order valence-corrected chi connectivity index (χ2v) is 18.6. The molecule has 0 aliphatic rings. The molecule has 0 radical (unpaired) electrons. The zero-order valence-corrected chi connectivity index (χ0v) is 40.8. The molecular weight excluding hydrogens is 782 g/mol. The third kappa shape index (κ3) is 48.6. The monoisotopic (exact) mass is 875 g/mol. The number of ether oxygens (including phenoxy) is 2. The van der Waals surface area contributed by atoms with Gasteiger partial charge in [-0.05, 0) is 77.0 Å². The molecule has 0 spiro atoms. The van der Waals surface area contributed by atoms with Crippen molar-refractivity contribution in [3.63, 3.8) is 0 Å². The van der Waals surface area contributed by atoms with Crippen molar-refractivity contribution in [1.82, 2.24) is 0 Å². The number of phosphoric ester groups is 1. The Morgan fingerprint density at radius 2 is 0.951 bits per heavy atom. The molecule has 0 rings (SSSR count). The van der Waals surface area contributed by atoms with E-state index in [1.54, 1.807) is 0 Å². The van der Waals surface area contributed by atoms with Gasteiger partial charge in [-0.25, -0.2) is 4.57 Å². The number of rotatable bonds is 44. The normalized spacial score (nSPS) is 14.4. The number of carbonyl (C=O) groups excluding carboxylic acids is 1. The molecule has 61 heavy (non-hydrogen) atoms. The maximum absolute atomic E-state index is 12.7. The highest BCUT2D eigenvalue weighted by atomic mass is 31.2. The summed E-state index contributed by atoms with van der Waals surface area (Å²) in [7, 11) is 1.61. The van der Waals surface area contributed by atoms with Crippen LogP contribution in [0, 0.1) is 0 Å². The lowest BCUT2D eigenvalue weighted by Gasteiger charge is -2.24. The van der Waals surface area contributed by atoms with Crippen LogP contribution in [0.15, 0.2) is 85.1 Å². The van der Waals surface area contributed by atoms with Gasteiger partial charge < -0.3 is 18.9 Å². The van der Waals surface area contributed by atoms with E-state index in [0.29, 0.717) is 24.1 Å². The van der Waals surface area contributed by atoms with E-state index in [-0.39, 0.29) is 26.2 Å². The molecule has 0 aliphatic carbocycles. The molecule has 9 heteroatoms. The second kappa shape index (κ2) is 44.3. The molecule has 1 N–H and O–H groups in total. The first-order valence-electron chi connectivity index (χ1n) is 24.3. The van der Waals surface area contributed by atoms with Crippen molar-refractivity contribution in [2.75, 3.05) is 54.1 Å². The van der Waals surface area contributed by atoms with Crippen LogP contribution in [0.2, 0.25) is 0 Å². The van der Waals surface area contributed by atoms with Crippen molar-refractivity contribution in [3.8, 4) is 0 Å². The first-order chi connectivity index (χ1) is 29.6. The molecule has 0 aromatic rings. The van der Waals surface area contributed by atoms with E-state index >= 15 is 0 Å². The molecule has 0 amide bonds. The van der Waals surface area contributed by atoms with Gasteiger partial charge >= 0.3 is 13.8 Å². The molecule has 0 saturated heterocycles. The lowest BCUT2D eigenvalue weighted by Crippen LogP contribution is -2.37. The van der Waals surface area contributed by atoms with Crippen molar-refractivity contribution in [2.45, 2.75) is 187 Å². The summed E-state index contributed by atoms with van der Waals surface area (Å²) < 4.78 is 34.9. The molecule has 2 atom stereocenters. The molecule has 0 aromatic heterocycles. The lowest BCUT2D eigenvalue weighted by molar-refractivity contribution is -0.870. The van der Waals surface area contributed by atoms with Gasteiger partial charge in [-0.15, -0.1) is 0 Å². The van der Waals surface area contributed by atoms with Gasteiger partial charge in [0.25, 0.3) is 0 Å². The lowest BCUT2D eigenvalue weighted by atomic mass is 10.1. The van der Waals surface area contributed by atoms with E-state index < -0.39 is 19.9 Å². The zero-order chi connectivity index (χ0) is 44.8. The third-order valence-corrected chi connectivity index (χ3v) is 10.9. The van der Waals surface area contributed by atoms with Gasteiger partial charge in [0.05, 0.1) is 34.4 Å². The predicted molar refractivity (Wildman–Crippen MR) is 261 cm³/mol. The molecule has 0 saturated carbocycles. The van der Waals surface area contributed by atoms with E-state index in [4.69, 9.17) is 18.5 Å². The molecule has 8 nitrogen and oxygen atoms in total. The van der Waals surface area contributed by atoms with Crippen LogP contribution >= 0.6 is 7.82 Å². The Hall–Kier alpha value is -2.32. The summed E-state index contributed by atoms with van der Waals surface area (Å²) in [6, 6.07) is 0. The Kier molecular flexibility index (Phi) is 42.6. The number of esters is 1. The highest BCUT2D eigenvalue weighted by Crippen LogP contribution is 2.43. The van der Waals surface area contributed by atoms with Crippen LogP contribution in [0.1, 0.15) is 181 Å². The maximum Gasteiger partial charge on any atom is 0.472 e. The minimum Gasteiger partial charge on any atom is -0.457 e. The van der Waals surface area contributed by atoms with E-state index in [0.717, 1.165) is 51.4 Å². The summed E-state index contributed by atoms with van der Waals surface area (Å²) in [6.07, 6.45) is 59.4. The average Bonchev–Trinajstić information content (AvgIpc) is 3.22. The molecule has 2 unspecified atom stereocenters. The number of hydrogen-bond acceptors (Lipinski definition) is 6. The fourth-order valence-electron chi connectivity index (χ4n) is 6.22. The SMILES string of the molecule is CC/C=C\C/C=C\C/C=C\C/C=C\CCC(=O)OC(COCCCCCCCCCCCCC/C=C\C/C=C\C/C=C\CCCCCCC)COP(=O)(O)OCC[N+](C)(C)C. The Balaban J connectivity index is 4.16. The first kappa shape index (κ1) is 58.7. The average molecular weight is 875 g/mol. The Bertz CT molecular complexity index is 1250. The van der Waals surface area contributed by atoms with Crippen LogP contribution in [-0.4, -0.2) is 75.6 Å². The number of nitrogens with zero attached hydrogens (tertiary/aromatic N) is 1. The van der Waals surface area contributed by atoms with E-state index in [2.05, 4.69) is 86.8 Å². The standard InChI is InChI=1S/C52H92NO7P/c1-6-8-10-12-14-16-18-20-21-22-23-24-25-26-27-28-29-30-31-32-34-36-38-40-42-44-47-57-49-51(50-59-61(55,56)58-48-46-53(3,4)5)60-52(54)45-43-41-39-37-35-33-19-17-15-13-11-9-7-2/h9,11,15,17-18,20,22-23,25-26,33,35,39,41,51H,6-8,10,12-14,16,19,21,24,27-32,34,36-38,40,42-50H2,1-5H3/p+1/b11-9-,17-15-,20-18-,23-22-,26-25-,35-33-,41-39-. The van der Waals surface area contributed by atoms with Crippen LogP contribution in [0.3, 0.4) is 0 Å². The maximum atomic E-state index is 12.7. The zero-order valence-electron chi connectivity index (χ0n) is 39.9. The largest absolute Gasteiger partial charge is 0.472 e. The van der Waals surface area contributed by atoms with E-state index in [1.807, 2.05) is 33.3 Å². The molecule has 0 bridgehead atoms. The highest BCUT2D eigenvalue weighted by Gasteiger charge is 2.26. The number of unbranched alkanes of at least 4 members (excludes halogenated alkanes) is 16. The second-order valence-electron chi connectivity index (χ2n) is 17.1. The van der Waals surface area contributed by atoms with Crippen molar-refractivity contribution in [1.29, 1.82) is 0 Å². The molecular formula is C52H93NO7P+. The molecule has 0 aromatic carbocycles. The van der Waals surface area contributed by atoms with Gasteiger partial charge in [-0.2, -0.15) is 0 Å². The first-order valence-corrected chi connectivity index (χ1v) is 25.8. The van der Waals surface area contributed by atoms with Crippen molar-refractivity contribution >= 4 is 13.8 Å². The number of hydrogen-bond donors (Lipinski definition) is 1. The van der Waals surface area contributed by atoms with Gasteiger partial charge in [-0.1, -0.05) is 182 Å². The number of allylic oxidation sites excluding steroid dienone is 14. The molecule has 352 valence electrons. The van der Waals surface area contributed by atoms with Gasteiger partial charge in [-0.3, -0.25) is 13.8 Å². The number of carbonyl (C=O) groups is 1. The fourth-order valence-corrected chi connectivity index (χ4v) is 6.96. The fraction of sp³-hybridized carbons (Fsp3) is 0.712. The summed E-state index contributed by atoms with van der Waals surface area (Å²) >= 11 is 0. The van der Waals surface area contributed by atoms with Crippen molar-refractivity contribution < 1.29 is 37.3 Å². The quantitative estimate of drug-likeness (QED) is 0.0214. The van der Waals surface area contributed by atoms with Gasteiger partial charge in [0.1, 0.15) is 19.3 Å². The molecule has 0 heterocycles. The van der Waals surface area contributed by atoms with Crippen LogP contribution in [0.4, 0.5) is 0 Å². The summed E-state index contributed by atoms with van der Waals surface area (Å²) in [5.74, 6) is -0.396. The minimum atomic E-state index is -4.30. The Morgan fingerprint density at radius 3 is 1.43 bits per heavy atom. The van der Waals surface area contributed by atoms with Crippen LogP contribution in [0.25, 0.3) is 0 Å². The van der Waals surface area contributed by atoms with Gasteiger partial charge in [0.15, 0.2) is 0 Å². The smallest absolute Gasteiger partial charge is 0.457 e. The van der Waals surface area contributed by atoms with Crippen LogP contribution < -0.4 is 0 Å². The minimum absolute atomic E-state index is 0.0714. The van der Waals surface area contributed by atoms with Crippen LogP contribution in [0.5, 0.6) is 0 Å². The Labute approximate surface area is 375 Å².